The van der Waals surface area contributed by atoms with E-state index in [9.17, 15) is 15.5 Å². The van der Waals surface area contributed by atoms with Crippen LogP contribution >= 0.6 is 0 Å². The summed E-state index contributed by atoms with van der Waals surface area (Å²) in [5.74, 6) is 0.576. The van der Waals surface area contributed by atoms with Gasteiger partial charge in [-0.05, 0) is 19.3 Å². The van der Waals surface area contributed by atoms with Gasteiger partial charge in [-0.15, -0.1) is 0 Å². The number of hydrogen-bond donors (Lipinski definition) is 3. The Morgan fingerprint density at radius 2 is 2.06 bits per heavy atom. The molecule has 1 saturated heterocycles. The second kappa shape index (κ2) is 5.63. The van der Waals surface area contributed by atoms with E-state index in [4.69, 9.17) is 0 Å². The Hall–Kier alpha value is -0.200. The van der Waals surface area contributed by atoms with Crippen molar-refractivity contribution in [1.29, 1.82) is 0 Å². The second-order valence-electron chi connectivity index (χ2n) is 5.78. The molecule has 6 unspecified atom stereocenters. The first-order valence-corrected chi connectivity index (χ1v) is 6.81. The van der Waals surface area contributed by atoms with Gasteiger partial charge in [-0.2, -0.15) is 0 Å². The normalized spacial score (nSPS) is 45.5. The van der Waals surface area contributed by atoms with Crippen LogP contribution in [0.5, 0.6) is 0 Å². The van der Waals surface area contributed by atoms with Gasteiger partial charge in [0.25, 0.3) is 0 Å². The van der Waals surface area contributed by atoms with Crippen molar-refractivity contribution < 1.29 is 20.9 Å². The lowest BCUT2D eigenvalue weighted by Gasteiger charge is -2.44. The number of nitrogens with one attached hydrogen (secondary N) is 1. The van der Waals surface area contributed by atoms with E-state index in [2.05, 4.69) is 5.32 Å². The van der Waals surface area contributed by atoms with Crippen molar-refractivity contribution in [3.8, 4) is 0 Å². The number of nitrogens with two attached hydrogens (primary N) is 1. The molecule has 100 valence electrons. The lowest BCUT2D eigenvalue weighted by molar-refractivity contribution is -1.07. The number of hydrogen-bond acceptors (Lipinski definition) is 3. The minimum Gasteiger partial charge on any atom is -0.848 e. The zero-order valence-electron chi connectivity index (χ0n) is 10.5. The van der Waals surface area contributed by atoms with Crippen LogP contribution in [0.2, 0.25) is 0 Å². The molecule has 0 aromatic rings. The Morgan fingerprint density at radius 3 is 2.71 bits per heavy atom. The Kier molecular flexibility index (Phi) is 4.38. The van der Waals surface area contributed by atoms with Crippen molar-refractivity contribution in [3.05, 3.63) is 5.21 Å². The van der Waals surface area contributed by atoms with Gasteiger partial charge in [-0.25, -0.2) is 10.4 Å². The van der Waals surface area contributed by atoms with Crippen molar-refractivity contribution in [2.24, 2.45) is 11.8 Å². The molecule has 1 heterocycles. The lowest BCUT2D eigenvalue weighted by atomic mass is 9.74. The van der Waals surface area contributed by atoms with Crippen molar-refractivity contribution in [1.82, 2.24) is 0 Å². The summed E-state index contributed by atoms with van der Waals surface area (Å²) < 4.78 is 0. The molecule has 17 heavy (non-hydrogen) atoms. The van der Waals surface area contributed by atoms with Gasteiger partial charge in [0, 0.05) is 18.3 Å². The first-order chi connectivity index (χ1) is 8.09. The average Bonchev–Trinajstić information content (AvgIpc) is 2.30. The van der Waals surface area contributed by atoms with Crippen LogP contribution in [0.3, 0.4) is 0 Å². The molecule has 0 aromatic heterocycles. The highest BCUT2D eigenvalue weighted by molar-refractivity contribution is 4.84. The molecule has 2 aliphatic rings. The minimum atomic E-state index is -0.680. The molecule has 1 saturated carbocycles. The topological polar surface area (TPSA) is 87.4 Å². The Balaban J connectivity index is 1.97. The van der Waals surface area contributed by atoms with Crippen LogP contribution in [0.1, 0.15) is 39.0 Å². The van der Waals surface area contributed by atoms with E-state index in [1.165, 1.54) is 0 Å². The molecule has 0 amide bonds. The zero-order chi connectivity index (χ0) is 12.4. The van der Waals surface area contributed by atoms with Crippen LogP contribution in [-0.2, 0) is 0 Å². The molecule has 0 aromatic carbocycles. The fourth-order valence-corrected chi connectivity index (χ4v) is 3.52. The molecule has 2 rings (SSSR count). The van der Waals surface area contributed by atoms with E-state index in [0.717, 1.165) is 32.2 Å². The highest BCUT2D eigenvalue weighted by atomic mass is 16.8. The van der Waals surface area contributed by atoms with Gasteiger partial charge in [0.15, 0.2) is 0 Å². The summed E-state index contributed by atoms with van der Waals surface area (Å²) >= 11 is 0. The van der Waals surface area contributed by atoms with E-state index < -0.39 is 11.3 Å². The summed E-state index contributed by atoms with van der Waals surface area (Å²) in [6.07, 6.45) is 3.98. The van der Waals surface area contributed by atoms with Gasteiger partial charge in [0.05, 0.1) is 12.6 Å². The zero-order valence-corrected chi connectivity index (χ0v) is 10.5. The fourth-order valence-electron chi connectivity index (χ4n) is 3.52. The molecule has 1 aliphatic carbocycles. The molecule has 5 heteroatoms. The maximum absolute atomic E-state index is 12.0. The predicted octanol–water partition coefficient (Wildman–Crippen LogP) is -1.98. The van der Waals surface area contributed by atoms with Gasteiger partial charge >= 0.3 is 0 Å². The SMILES string of the molecule is CC1CCC(C2[NH2+]CCCC2[O-])CC1[NH+]([O-])O. The van der Waals surface area contributed by atoms with Crippen LogP contribution in [0.4, 0.5) is 0 Å². The summed E-state index contributed by atoms with van der Waals surface area (Å²) in [4.78, 5) is 0. The average molecular weight is 244 g/mol. The maximum atomic E-state index is 12.0. The molecular weight excluding hydrogens is 220 g/mol. The molecule has 5 nitrogen and oxygen atoms in total. The van der Waals surface area contributed by atoms with E-state index in [1.54, 1.807) is 0 Å². The lowest BCUT2D eigenvalue weighted by Crippen LogP contribution is -3.10. The Bertz CT molecular complexity index is 250. The maximum Gasteiger partial charge on any atom is 0.120 e. The van der Waals surface area contributed by atoms with Crippen LogP contribution in [0.25, 0.3) is 0 Å². The first kappa shape index (κ1) is 13.2. The van der Waals surface area contributed by atoms with E-state index in [-0.39, 0.29) is 18.0 Å². The number of piperidine rings is 1. The number of hydroxylamine groups is 2. The minimum absolute atomic E-state index is 0.123. The summed E-state index contributed by atoms with van der Waals surface area (Å²) in [5, 5.41) is 33.8. The molecule has 2 fully saturated rings. The molecule has 0 radical (unpaired) electrons. The third-order valence-electron chi connectivity index (χ3n) is 4.66. The highest BCUT2D eigenvalue weighted by Crippen LogP contribution is 2.30. The smallest absolute Gasteiger partial charge is 0.120 e. The molecule has 0 bridgehead atoms. The van der Waals surface area contributed by atoms with Gasteiger partial charge in [-0.3, -0.25) is 0 Å². The Morgan fingerprint density at radius 1 is 1.29 bits per heavy atom. The predicted molar refractivity (Wildman–Crippen MR) is 60.0 cm³/mol. The van der Waals surface area contributed by atoms with Gasteiger partial charge in [0.1, 0.15) is 6.04 Å². The molecule has 1 aliphatic heterocycles. The van der Waals surface area contributed by atoms with E-state index in [0.29, 0.717) is 12.3 Å². The van der Waals surface area contributed by atoms with Crippen LogP contribution in [-0.4, -0.2) is 29.9 Å². The molecule has 6 atom stereocenters. The van der Waals surface area contributed by atoms with E-state index >= 15 is 0 Å². The summed E-state index contributed by atoms with van der Waals surface area (Å²) in [6, 6.07) is -0.116. The van der Waals surface area contributed by atoms with Crippen LogP contribution in [0, 0.1) is 17.0 Å². The Labute approximate surface area is 102 Å². The number of rotatable bonds is 2. The summed E-state index contributed by atoms with van der Waals surface area (Å²) in [7, 11) is 0. The second-order valence-corrected chi connectivity index (χ2v) is 5.78. The monoisotopic (exact) mass is 244 g/mol. The van der Waals surface area contributed by atoms with Crippen LogP contribution in [0.15, 0.2) is 0 Å². The molecular formula is C12H24N2O3. The van der Waals surface area contributed by atoms with Crippen molar-refractivity contribution in [2.45, 2.75) is 57.2 Å². The summed E-state index contributed by atoms with van der Waals surface area (Å²) in [6.45, 7) is 3.06. The number of quaternary nitrogens is 2. The standard InChI is InChI=1S/C12H23N2O3/c1-8-4-5-9(7-10(8)14(16)17)12-11(15)3-2-6-13-12/h8-14,16H,2-7H2,1H3/q-1/p+1. The summed E-state index contributed by atoms with van der Waals surface area (Å²) in [5.41, 5.74) is 0. The van der Waals surface area contributed by atoms with Crippen molar-refractivity contribution in [2.75, 3.05) is 6.54 Å². The highest BCUT2D eigenvalue weighted by Gasteiger charge is 2.38. The quantitative estimate of drug-likeness (QED) is 0.492. The van der Waals surface area contributed by atoms with Gasteiger partial charge < -0.3 is 15.6 Å². The largest absolute Gasteiger partial charge is 0.848 e. The third kappa shape index (κ3) is 2.98. The van der Waals surface area contributed by atoms with Crippen molar-refractivity contribution >= 4 is 0 Å². The van der Waals surface area contributed by atoms with Crippen LogP contribution < -0.4 is 15.6 Å². The molecule has 4 N–H and O–H groups in total. The first-order valence-electron chi connectivity index (χ1n) is 6.81. The fraction of sp³-hybridized carbons (Fsp3) is 1.00. The van der Waals surface area contributed by atoms with Crippen molar-refractivity contribution in [3.63, 3.8) is 0 Å². The van der Waals surface area contributed by atoms with E-state index in [1.807, 2.05) is 6.92 Å². The van der Waals surface area contributed by atoms with Gasteiger partial charge in [-0.1, -0.05) is 19.4 Å². The molecule has 0 spiro atoms. The third-order valence-corrected chi connectivity index (χ3v) is 4.66. The van der Waals surface area contributed by atoms with Gasteiger partial charge in [0.2, 0.25) is 0 Å².